The van der Waals surface area contributed by atoms with Crippen molar-refractivity contribution in [1.29, 1.82) is 0 Å². The van der Waals surface area contributed by atoms with E-state index in [-0.39, 0.29) is 25.4 Å². The van der Waals surface area contributed by atoms with Crippen LogP contribution in [0.4, 0.5) is 0 Å². The smallest absolute Gasteiger partial charge is 0.323 e. The number of hydrogen-bond donors (Lipinski definition) is 2. The first kappa shape index (κ1) is 15.2. The van der Waals surface area contributed by atoms with Crippen LogP contribution in [0.15, 0.2) is 23.6 Å². The lowest BCUT2D eigenvalue weighted by Crippen LogP contribution is -2.38. The van der Waals surface area contributed by atoms with Crippen LogP contribution >= 0.6 is 11.3 Å². The van der Waals surface area contributed by atoms with Gasteiger partial charge in [-0.3, -0.25) is 14.7 Å². The third-order valence-corrected chi connectivity index (χ3v) is 3.67. The molecule has 2 N–H and O–H groups in total. The molecule has 0 saturated heterocycles. The van der Waals surface area contributed by atoms with Crippen molar-refractivity contribution >= 4 is 23.2 Å². The van der Waals surface area contributed by atoms with Crippen molar-refractivity contribution in [1.82, 2.24) is 15.1 Å². The molecule has 0 aliphatic heterocycles. The fourth-order valence-electron chi connectivity index (χ4n) is 1.77. The summed E-state index contributed by atoms with van der Waals surface area (Å²) >= 11 is 1.52. The Bertz CT molecular complexity index is 609. The number of carboxylic acids is 1. The van der Waals surface area contributed by atoms with Crippen LogP contribution in [0.5, 0.6) is 0 Å². The average molecular weight is 309 g/mol. The first-order chi connectivity index (χ1) is 10.1. The molecule has 0 aliphatic rings. The van der Waals surface area contributed by atoms with Gasteiger partial charge in [0.15, 0.2) is 5.69 Å². The van der Waals surface area contributed by atoms with E-state index in [1.165, 1.54) is 23.3 Å². The summed E-state index contributed by atoms with van der Waals surface area (Å²) in [6.45, 7) is 0.0768. The lowest BCUT2D eigenvalue weighted by Gasteiger charge is -2.18. The molecule has 2 aromatic heterocycles. The quantitative estimate of drug-likeness (QED) is 0.804. The predicted octanol–water partition coefficient (Wildman–Crippen LogP) is 1.31. The maximum Gasteiger partial charge on any atom is 0.323 e. The molecule has 0 saturated carbocycles. The highest BCUT2D eigenvalue weighted by Crippen LogP contribution is 2.23. The molecule has 2 rings (SSSR count). The van der Waals surface area contributed by atoms with Crippen LogP contribution in [-0.2, 0) is 9.53 Å². The molecule has 112 valence electrons. The maximum atomic E-state index is 12.3. The summed E-state index contributed by atoms with van der Waals surface area (Å²) in [6, 6.07) is 5.43. The van der Waals surface area contributed by atoms with Crippen molar-refractivity contribution in [3.8, 4) is 10.6 Å². The van der Waals surface area contributed by atoms with Gasteiger partial charge < -0.3 is 14.7 Å². The SMILES string of the molecule is COCCN(CC(=O)O)C(=O)c1cc(-c2cccs2)[nH]n1. The Morgan fingerprint density at radius 1 is 1.52 bits per heavy atom. The van der Waals surface area contributed by atoms with Crippen molar-refractivity contribution in [3.05, 3.63) is 29.3 Å². The van der Waals surface area contributed by atoms with E-state index in [9.17, 15) is 9.59 Å². The molecule has 0 spiro atoms. The fourth-order valence-corrected chi connectivity index (χ4v) is 2.46. The van der Waals surface area contributed by atoms with E-state index in [0.29, 0.717) is 0 Å². The average Bonchev–Trinajstić information content (AvgIpc) is 3.11. The van der Waals surface area contributed by atoms with Crippen molar-refractivity contribution in [2.45, 2.75) is 0 Å². The highest BCUT2D eigenvalue weighted by Gasteiger charge is 2.21. The predicted molar refractivity (Wildman–Crippen MR) is 77.3 cm³/mol. The van der Waals surface area contributed by atoms with Gasteiger partial charge in [0.1, 0.15) is 6.54 Å². The zero-order chi connectivity index (χ0) is 15.2. The zero-order valence-corrected chi connectivity index (χ0v) is 12.2. The Morgan fingerprint density at radius 2 is 2.33 bits per heavy atom. The summed E-state index contributed by atoms with van der Waals surface area (Å²) in [5.74, 6) is -1.51. The molecule has 7 nitrogen and oxygen atoms in total. The maximum absolute atomic E-state index is 12.3. The number of thiophene rings is 1. The number of H-pyrrole nitrogens is 1. The zero-order valence-electron chi connectivity index (χ0n) is 11.4. The summed E-state index contributed by atoms with van der Waals surface area (Å²) in [4.78, 5) is 25.3. The normalized spacial score (nSPS) is 10.5. The largest absolute Gasteiger partial charge is 0.480 e. The van der Waals surface area contributed by atoms with E-state index in [1.54, 1.807) is 6.07 Å². The first-order valence-corrected chi connectivity index (χ1v) is 7.09. The number of amides is 1. The minimum atomic E-state index is -1.08. The minimum Gasteiger partial charge on any atom is -0.480 e. The van der Waals surface area contributed by atoms with Crippen LogP contribution in [-0.4, -0.2) is 58.9 Å². The summed E-state index contributed by atoms with van der Waals surface area (Å²) < 4.78 is 4.89. The van der Waals surface area contributed by atoms with Crippen molar-refractivity contribution < 1.29 is 19.4 Å². The Kier molecular flexibility index (Phi) is 5.07. The van der Waals surface area contributed by atoms with E-state index in [0.717, 1.165) is 10.6 Å². The number of carboxylic acid groups (broad SMARTS) is 1. The number of nitrogens with one attached hydrogen (secondary N) is 1. The molecular formula is C13H15N3O4S. The number of carbonyl (C=O) groups is 2. The van der Waals surface area contributed by atoms with Crippen LogP contribution in [0, 0.1) is 0 Å². The molecule has 0 aliphatic carbocycles. The third kappa shape index (κ3) is 3.89. The molecule has 2 heterocycles. The Labute approximate surface area is 125 Å². The molecule has 0 aromatic carbocycles. The molecule has 2 aromatic rings. The van der Waals surface area contributed by atoms with Crippen molar-refractivity contribution in [2.75, 3.05) is 26.8 Å². The highest BCUT2D eigenvalue weighted by molar-refractivity contribution is 7.13. The number of aliphatic carboxylic acids is 1. The van der Waals surface area contributed by atoms with E-state index < -0.39 is 11.9 Å². The number of aromatic nitrogens is 2. The van der Waals surface area contributed by atoms with Gasteiger partial charge in [0.05, 0.1) is 17.2 Å². The molecule has 0 bridgehead atoms. The Balaban J connectivity index is 2.14. The monoisotopic (exact) mass is 309 g/mol. The number of carbonyl (C=O) groups excluding carboxylic acids is 1. The van der Waals surface area contributed by atoms with Gasteiger partial charge in [0.25, 0.3) is 5.91 Å². The second-order valence-corrected chi connectivity index (χ2v) is 5.21. The molecule has 0 unspecified atom stereocenters. The van der Waals surface area contributed by atoms with Crippen molar-refractivity contribution in [3.63, 3.8) is 0 Å². The standard InChI is InChI=1S/C13H15N3O4S/c1-20-5-4-16(8-12(17)18)13(19)10-7-9(14-15-10)11-3-2-6-21-11/h2-3,6-7H,4-5,8H2,1H3,(H,14,15)(H,17,18). The van der Waals surface area contributed by atoms with Crippen LogP contribution in [0.1, 0.15) is 10.5 Å². The van der Waals surface area contributed by atoms with E-state index in [2.05, 4.69) is 10.2 Å². The van der Waals surface area contributed by atoms with Crippen LogP contribution < -0.4 is 0 Å². The summed E-state index contributed by atoms with van der Waals surface area (Å²) in [5.41, 5.74) is 0.922. The van der Waals surface area contributed by atoms with Gasteiger partial charge in [-0.25, -0.2) is 0 Å². The molecular weight excluding hydrogens is 294 g/mol. The molecule has 0 fully saturated rings. The van der Waals surface area contributed by atoms with Gasteiger partial charge in [-0.15, -0.1) is 11.3 Å². The second-order valence-electron chi connectivity index (χ2n) is 4.26. The van der Waals surface area contributed by atoms with Crippen molar-refractivity contribution in [2.24, 2.45) is 0 Å². The first-order valence-electron chi connectivity index (χ1n) is 6.21. The topological polar surface area (TPSA) is 95.5 Å². The second kappa shape index (κ2) is 7.00. The Morgan fingerprint density at radius 3 is 2.95 bits per heavy atom. The van der Waals surface area contributed by atoms with E-state index in [1.807, 2.05) is 17.5 Å². The number of ether oxygens (including phenoxy) is 1. The van der Waals surface area contributed by atoms with Gasteiger partial charge in [0.2, 0.25) is 0 Å². The fraction of sp³-hybridized carbons (Fsp3) is 0.308. The number of rotatable bonds is 7. The van der Waals surface area contributed by atoms with Gasteiger partial charge in [-0.05, 0) is 17.5 Å². The van der Waals surface area contributed by atoms with Gasteiger partial charge in [-0.2, -0.15) is 5.10 Å². The summed E-state index contributed by atoms with van der Waals surface area (Å²) in [5, 5.41) is 17.5. The van der Waals surface area contributed by atoms with E-state index >= 15 is 0 Å². The molecule has 8 heteroatoms. The Hall–Kier alpha value is -2.19. The van der Waals surface area contributed by atoms with Gasteiger partial charge in [-0.1, -0.05) is 6.07 Å². The third-order valence-electron chi connectivity index (χ3n) is 2.76. The number of methoxy groups -OCH3 is 1. The molecule has 0 radical (unpaired) electrons. The van der Waals surface area contributed by atoms with Crippen LogP contribution in [0.3, 0.4) is 0 Å². The van der Waals surface area contributed by atoms with E-state index in [4.69, 9.17) is 9.84 Å². The lowest BCUT2D eigenvalue weighted by molar-refractivity contribution is -0.137. The number of aromatic amines is 1. The molecule has 21 heavy (non-hydrogen) atoms. The summed E-state index contributed by atoms with van der Waals surface area (Å²) in [6.07, 6.45) is 0. The molecule has 0 atom stereocenters. The number of hydrogen-bond acceptors (Lipinski definition) is 5. The number of nitrogens with zero attached hydrogens (tertiary/aromatic N) is 2. The molecule has 1 amide bonds. The van der Waals surface area contributed by atoms with Crippen LogP contribution in [0.25, 0.3) is 10.6 Å². The minimum absolute atomic E-state index is 0.191. The lowest BCUT2D eigenvalue weighted by atomic mass is 10.3. The highest BCUT2D eigenvalue weighted by atomic mass is 32.1. The summed E-state index contributed by atoms with van der Waals surface area (Å²) in [7, 11) is 1.49. The van der Waals surface area contributed by atoms with Gasteiger partial charge >= 0.3 is 5.97 Å². The van der Waals surface area contributed by atoms with Crippen LogP contribution in [0.2, 0.25) is 0 Å². The van der Waals surface area contributed by atoms with Gasteiger partial charge in [0, 0.05) is 13.7 Å².